The van der Waals surface area contributed by atoms with Crippen molar-refractivity contribution in [3.8, 4) is 0 Å². The Morgan fingerprint density at radius 2 is 2.12 bits per heavy atom. The lowest BCUT2D eigenvalue weighted by molar-refractivity contribution is 0.134. The Morgan fingerprint density at radius 3 is 2.75 bits per heavy atom. The Morgan fingerprint density at radius 1 is 1.44 bits per heavy atom. The van der Waals surface area contributed by atoms with Crippen LogP contribution in [0.15, 0.2) is 12.3 Å². The van der Waals surface area contributed by atoms with Crippen LogP contribution >= 0.6 is 0 Å². The number of hydrogen-bond donors (Lipinski definition) is 1. The number of nitrogens with zero attached hydrogens (tertiary/aromatic N) is 2. The molecule has 1 aliphatic rings. The lowest BCUT2D eigenvalue weighted by Gasteiger charge is -2.13. The fraction of sp³-hybridized carbons (Fsp3) is 0.769. The summed E-state index contributed by atoms with van der Waals surface area (Å²) in [5, 5.41) is 14.1. The van der Waals surface area contributed by atoms with E-state index < -0.39 is 0 Å². The van der Waals surface area contributed by atoms with E-state index in [-0.39, 0.29) is 12.0 Å². The molecule has 0 bridgehead atoms. The molecule has 2 rings (SSSR count). The summed E-state index contributed by atoms with van der Waals surface area (Å²) in [5.41, 5.74) is 1.11. The monoisotopic (exact) mass is 222 g/mol. The normalized spacial score (nSPS) is 21.2. The summed E-state index contributed by atoms with van der Waals surface area (Å²) in [7, 11) is 0. The summed E-state index contributed by atoms with van der Waals surface area (Å²) in [6.45, 7) is 3.91. The van der Waals surface area contributed by atoms with Crippen LogP contribution in [0.2, 0.25) is 0 Å². The van der Waals surface area contributed by atoms with Crippen LogP contribution in [0.1, 0.15) is 51.3 Å². The fourth-order valence-corrected chi connectivity index (χ4v) is 2.36. The van der Waals surface area contributed by atoms with E-state index >= 15 is 0 Å². The van der Waals surface area contributed by atoms with Gasteiger partial charge in [0.05, 0.1) is 17.8 Å². The van der Waals surface area contributed by atoms with Crippen LogP contribution < -0.4 is 0 Å². The van der Waals surface area contributed by atoms with Gasteiger partial charge in [0.2, 0.25) is 0 Å². The zero-order valence-electron chi connectivity index (χ0n) is 10.3. The van der Waals surface area contributed by atoms with E-state index in [0.29, 0.717) is 6.04 Å². The molecule has 0 aromatic carbocycles. The van der Waals surface area contributed by atoms with Gasteiger partial charge in [-0.2, -0.15) is 5.10 Å². The van der Waals surface area contributed by atoms with E-state index in [2.05, 4.69) is 29.0 Å². The number of hydrogen-bond acceptors (Lipinski definition) is 2. The van der Waals surface area contributed by atoms with Crippen LogP contribution in [0.5, 0.6) is 0 Å². The third kappa shape index (κ3) is 2.64. The van der Waals surface area contributed by atoms with Crippen molar-refractivity contribution in [2.24, 2.45) is 5.92 Å². The van der Waals surface area contributed by atoms with Gasteiger partial charge in [-0.3, -0.25) is 4.68 Å². The van der Waals surface area contributed by atoms with Gasteiger partial charge in [-0.25, -0.2) is 0 Å². The van der Waals surface area contributed by atoms with Crippen LogP contribution in [0.4, 0.5) is 0 Å². The zero-order chi connectivity index (χ0) is 11.5. The van der Waals surface area contributed by atoms with Gasteiger partial charge in [-0.15, -0.1) is 0 Å². The molecule has 90 valence electrons. The van der Waals surface area contributed by atoms with Crippen molar-refractivity contribution in [3.05, 3.63) is 18.0 Å². The average Bonchev–Trinajstić information content (AvgIpc) is 2.85. The minimum absolute atomic E-state index is 0.253. The molecular weight excluding hydrogens is 200 g/mol. The zero-order valence-corrected chi connectivity index (χ0v) is 10.3. The lowest BCUT2D eigenvalue weighted by atomic mass is 10.0. The van der Waals surface area contributed by atoms with E-state index in [0.717, 1.165) is 12.1 Å². The second-order valence-corrected chi connectivity index (χ2v) is 5.15. The predicted molar refractivity (Wildman–Crippen MR) is 64.3 cm³/mol. The lowest BCUT2D eigenvalue weighted by Crippen LogP contribution is -2.16. The molecule has 1 aromatic heterocycles. The standard InChI is InChI=1S/C13H22N2O/c1-10(11(2)16)9-12-7-8-15(14-12)13-5-3-4-6-13/h7-8,10-11,13,16H,3-6,9H2,1-2H3. The summed E-state index contributed by atoms with van der Waals surface area (Å²) in [4.78, 5) is 0. The fourth-order valence-electron chi connectivity index (χ4n) is 2.36. The average molecular weight is 222 g/mol. The Hall–Kier alpha value is -0.830. The summed E-state index contributed by atoms with van der Waals surface area (Å²) >= 11 is 0. The Balaban J connectivity index is 1.96. The predicted octanol–water partition coefficient (Wildman–Crippen LogP) is 2.56. The highest BCUT2D eigenvalue weighted by Crippen LogP contribution is 2.28. The minimum atomic E-state index is -0.253. The van der Waals surface area contributed by atoms with Gasteiger partial charge in [0.25, 0.3) is 0 Å². The van der Waals surface area contributed by atoms with Crippen molar-refractivity contribution < 1.29 is 5.11 Å². The van der Waals surface area contributed by atoms with Crippen LogP contribution in [0.25, 0.3) is 0 Å². The summed E-state index contributed by atoms with van der Waals surface area (Å²) in [5.74, 6) is 0.284. The van der Waals surface area contributed by atoms with Gasteiger partial charge in [0.15, 0.2) is 0 Å². The molecule has 3 heteroatoms. The minimum Gasteiger partial charge on any atom is -0.393 e. The molecule has 16 heavy (non-hydrogen) atoms. The summed E-state index contributed by atoms with van der Waals surface area (Å²) < 4.78 is 2.12. The molecule has 1 N–H and O–H groups in total. The van der Waals surface area contributed by atoms with Gasteiger partial charge >= 0.3 is 0 Å². The van der Waals surface area contributed by atoms with Crippen molar-refractivity contribution in [3.63, 3.8) is 0 Å². The molecule has 1 fully saturated rings. The number of aliphatic hydroxyl groups is 1. The van der Waals surface area contributed by atoms with Crippen LogP contribution in [-0.4, -0.2) is 21.0 Å². The summed E-state index contributed by atoms with van der Waals surface area (Å²) in [6, 6.07) is 2.72. The van der Waals surface area contributed by atoms with Crippen molar-refractivity contribution in [2.75, 3.05) is 0 Å². The molecule has 0 amide bonds. The largest absolute Gasteiger partial charge is 0.393 e. The topological polar surface area (TPSA) is 38.0 Å². The number of aliphatic hydroxyl groups excluding tert-OH is 1. The number of aromatic nitrogens is 2. The second-order valence-electron chi connectivity index (χ2n) is 5.15. The maximum Gasteiger partial charge on any atom is 0.0628 e. The highest BCUT2D eigenvalue weighted by Gasteiger charge is 2.18. The first-order chi connectivity index (χ1) is 7.66. The van der Waals surface area contributed by atoms with Crippen LogP contribution in [0, 0.1) is 5.92 Å². The van der Waals surface area contributed by atoms with Crippen LogP contribution in [0.3, 0.4) is 0 Å². The van der Waals surface area contributed by atoms with Crippen LogP contribution in [-0.2, 0) is 6.42 Å². The SMILES string of the molecule is CC(O)C(C)Cc1ccn(C2CCCC2)n1. The molecule has 1 aromatic rings. The van der Waals surface area contributed by atoms with Crippen molar-refractivity contribution in [1.29, 1.82) is 0 Å². The maximum atomic E-state index is 9.47. The Labute approximate surface area is 97.5 Å². The third-order valence-corrected chi connectivity index (χ3v) is 3.72. The molecule has 2 atom stereocenters. The Kier molecular flexibility index (Phi) is 3.64. The van der Waals surface area contributed by atoms with Gasteiger partial charge < -0.3 is 5.11 Å². The van der Waals surface area contributed by atoms with Gasteiger partial charge in [0, 0.05) is 6.20 Å². The van der Waals surface area contributed by atoms with E-state index in [1.807, 2.05) is 6.92 Å². The molecule has 0 aliphatic heterocycles. The maximum absolute atomic E-state index is 9.47. The summed E-state index contributed by atoms with van der Waals surface area (Å²) in [6.07, 6.45) is 7.93. The first-order valence-corrected chi connectivity index (χ1v) is 6.39. The van der Waals surface area contributed by atoms with E-state index in [1.165, 1.54) is 25.7 Å². The molecule has 1 saturated carbocycles. The molecule has 0 spiro atoms. The number of rotatable bonds is 4. The van der Waals surface area contributed by atoms with Crippen molar-refractivity contribution in [1.82, 2.24) is 9.78 Å². The smallest absolute Gasteiger partial charge is 0.0628 e. The quantitative estimate of drug-likeness (QED) is 0.850. The first-order valence-electron chi connectivity index (χ1n) is 6.39. The second kappa shape index (κ2) is 5.00. The molecule has 1 aliphatic carbocycles. The van der Waals surface area contributed by atoms with Crippen molar-refractivity contribution >= 4 is 0 Å². The first kappa shape index (κ1) is 11.6. The Bertz CT molecular complexity index is 326. The van der Waals surface area contributed by atoms with Gasteiger partial charge in [0.1, 0.15) is 0 Å². The van der Waals surface area contributed by atoms with Gasteiger partial charge in [-0.1, -0.05) is 19.8 Å². The van der Waals surface area contributed by atoms with Crippen molar-refractivity contribution in [2.45, 2.75) is 58.1 Å². The molecule has 0 saturated heterocycles. The third-order valence-electron chi connectivity index (χ3n) is 3.72. The molecule has 3 nitrogen and oxygen atoms in total. The molecule has 1 heterocycles. The highest BCUT2D eigenvalue weighted by atomic mass is 16.3. The van der Waals surface area contributed by atoms with E-state index in [4.69, 9.17) is 0 Å². The van der Waals surface area contributed by atoms with Gasteiger partial charge in [-0.05, 0) is 38.2 Å². The van der Waals surface area contributed by atoms with E-state index in [1.54, 1.807) is 0 Å². The molecular formula is C13H22N2O. The van der Waals surface area contributed by atoms with E-state index in [9.17, 15) is 5.11 Å². The molecule has 0 radical (unpaired) electrons. The highest BCUT2D eigenvalue weighted by molar-refractivity contribution is 5.01. The molecule has 2 unspecified atom stereocenters.